The Balaban J connectivity index is 3.04. The van der Waals surface area contributed by atoms with Crippen molar-refractivity contribution in [3.8, 4) is 0 Å². The normalized spacial score (nSPS) is 12.1. The summed E-state index contributed by atoms with van der Waals surface area (Å²) in [5.41, 5.74) is 5.91. The number of rotatable bonds is 7. The van der Waals surface area contributed by atoms with Gasteiger partial charge in [0.2, 0.25) is 5.91 Å². The molecular weight excluding hydrogens is 278 g/mol. The zero-order valence-corrected chi connectivity index (χ0v) is 12.3. The predicted molar refractivity (Wildman–Crippen MR) is 74.0 cm³/mol. The molecule has 0 aliphatic rings. The third-order valence-electron chi connectivity index (χ3n) is 3.19. The van der Waals surface area contributed by atoms with Crippen molar-refractivity contribution in [2.45, 2.75) is 33.2 Å². The minimum absolute atomic E-state index is 0.106. The number of aryl methyl sites for hydroxylation is 1. The minimum atomic E-state index is -0.988. The maximum Gasteiger partial charge on any atom is 0.348 e. The second kappa shape index (κ2) is 6.98. The Bertz CT molecular complexity index is 609. The second-order valence-electron chi connectivity index (χ2n) is 4.71. The van der Waals surface area contributed by atoms with E-state index in [1.165, 1.54) is 11.5 Å². The molecule has 0 aromatic carbocycles. The molecule has 1 heterocycles. The summed E-state index contributed by atoms with van der Waals surface area (Å²) in [4.78, 5) is 37.4. The second-order valence-corrected chi connectivity index (χ2v) is 4.71. The van der Waals surface area contributed by atoms with E-state index in [2.05, 4.69) is 4.98 Å². The molecule has 1 atom stereocenters. The highest BCUT2D eigenvalue weighted by molar-refractivity contribution is 5.76. The lowest BCUT2D eigenvalue weighted by molar-refractivity contribution is -0.138. The molecule has 0 saturated carbocycles. The van der Waals surface area contributed by atoms with Crippen LogP contribution in [0.5, 0.6) is 0 Å². The van der Waals surface area contributed by atoms with Crippen molar-refractivity contribution in [2.24, 2.45) is 5.73 Å². The first-order valence-electron chi connectivity index (χ1n) is 6.42. The van der Waals surface area contributed by atoms with Gasteiger partial charge in [-0.1, -0.05) is 0 Å². The van der Waals surface area contributed by atoms with Gasteiger partial charge in [-0.3, -0.25) is 14.2 Å². The van der Waals surface area contributed by atoms with E-state index >= 15 is 0 Å². The molecule has 3 N–H and O–H groups in total. The lowest BCUT2D eigenvalue weighted by Crippen LogP contribution is -2.31. The zero-order valence-electron chi connectivity index (χ0n) is 12.3. The molecule has 0 bridgehead atoms. The average molecular weight is 297 g/mol. The standard InChI is InChI=1S/C13H19N3O5/c1-7(12(18)19)11-8(2)15-13(20)16(9(11)3)4-5-21-6-10(14)17/h7H,4-6H2,1-3H3,(H2,14,17)(H,18,19). The fourth-order valence-electron chi connectivity index (χ4n) is 2.16. The first-order chi connectivity index (χ1) is 9.75. The van der Waals surface area contributed by atoms with Crippen molar-refractivity contribution in [1.29, 1.82) is 0 Å². The van der Waals surface area contributed by atoms with Crippen LogP contribution in [-0.2, 0) is 20.9 Å². The summed E-state index contributed by atoms with van der Waals surface area (Å²) in [6, 6.07) is 0. The molecule has 0 fully saturated rings. The van der Waals surface area contributed by atoms with Crippen LogP contribution in [0, 0.1) is 13.8 Å². The van der Waals surface area contributed by atoms with Crippen molar-refractivity contribution < 1.29 is 19.4 Å². The molecule has 0 saturated heterocycles. The van der Waals surface area contributed by atoms with Gasteiger partial charge in [-0.15, -0.1) is 0 Å². The smallest absolute Gasteiger partial charge is 0.348 e. The highest BCUT2D eigenvalue weighted by atomic mass is 16.5. The van der Waals surface area contributed by atoms with Crippen molar-refractivity contribution in [2.75, 3.05) is 13.2 Å². The first kappa shape index (κ1) is 16.8. The van der Waals surface area contributed by atoms with Crippen molar-refractivity contribution in [1.82, 2.24) is 9.55 Å². The number of aliphatic carboxylic acids is 1. The summed E-state index contributed by atoms with van der Waals surface area (Å²) in [5, 5.41) is 9.13. The number of carbonyl (C=O) groups excluding carboxylic acids is 1. The van der Waals surface area contributed by atoms with Crippen LogP contribution >= 0.6 is 0 Å². The van der Waals surface area contributed by atoms with Gasteiger partial charge in [0.25, 0.3) is 0 Å². The van der Waals surface area contributed by atoms with Gasteiger partial charge in [0.1, 0.15) is 6.61 Å². The van der Waals surface area contributed by atoms with Crippen molar-refractivity contribution in [3.63, 3.8) is 0 Å². The molecule has 8 nitrogen and oxygen atoms in total. The summed E-state index contributed by atoms with van der Waals surface area (Å²) in [6.07, 6.45) is 0. The van der Waals surface area contributed by atoms with Crippen LogP contribution in [0.3, 0.4) is 0 Å². The number of carbonyl (C=O) groups is 2. The highest BCUT2D eigenvalue weighted by Gasteiger charge is 2.22. The monoisotopic (exact) mass is 297 g/mol. The molecule has 0 aliphatic heterocycles. The lowest BCUT2D eigenvalue weighted by Gasteiger charge is -2.17. The molecular formula is C13H19N3O5. The molecule has 116 valence electrons. The predicted octanol–water partition coefficient (Wildman–Crippen LogP) is -0.450. The highest BCUT2D eigenvalue weighted by Crippen LogP contribution is 2.21. The Morgan fingerprint density at radius 1 is 1.43 bits per heavy atom. The molecule has 0 spiro atoms. The van der Waals surface area contributed by atoms with Crippen LogP contribution in [0.2, 0.25) is 0 Å². The maximum atomic E-state index is 11.9. The number of aromatic nitrogens is 2. The van der Waals surface area contributed by atoms with E-state index in [1.807, 2.05) is 0 Å². The molecule has 0 radical (unpaired) electrons. The minimum Gasteiger partial charge on any atom is -0.481 e. The van der Waals surface area contributed by atoms with E-state index in [0.29, 0.717) is 17.0 Å². The van der Waals surface area contributed by atoms with Gasteiger partial charge < -0.3 is 15.6 Å². The zero-order chi connectivity index (χ0) is 16.2. The largest absolute Gasteiger partial charge is 0.481 e. The van der Waals surface area contributed by atoms with Gasteiger partial charge in [0, 0.05) is 17.0 Å². The number of carboxylic acid groups (broad SMARTS) is 1. The van der Waals surface area contributed by atoms with Crippen LogP contribution < -0.4 is 11.4 Å². The van der Waals surface area contributed by atoms with Crippen molar-refractivity contribution >= 4 is 11.9 Å². The first-order valence-corrected chi connectivity index (χ1v) is 6.42. The molecule has 1 aromatic heterocycles. The van der Waals surface area contributed by atoms with Gasteiger partial charge in [-0.25, -0.2) is 4.79 Å². The molecule has 1 rings (SSSR count). The maximum absolute atomic E-state index is 11.9. The van der Waals surface area contributed by atoms with E-state index < -0.39 is 23.5 Å². The van der Waals surface area contributed by atoms with Crippen LogP contribution in [-0.4, -0.2) is 39.7 Å². The number of primary amides is 1. The summed E-state index contributed by atoms with van der Waals surface area (Å²) in [7, 11) is 0. The van der Waals surface area contributed by atoms with Crippen LogP contribution in [0.4, 0.5) is 0 Å². The summed E-state index contributed by atoms with van der Waals surface area (Å²) >= 11 is 0. The molecule has 21 heavy (non-hydrogen) atoms. The third kappa shape index (κ3) is 4.12. The van der Waals surface area contributed by atoms with Crippen LogP contribution in [0.1, 0.15) is 29.8 Å². The average Bonchev–Trinajstić information content (AvgIpc) is 2.36. The number of nitrogens with two attached hydrogens (primary N) is 1. The number of hydrogen-bond acceptors (Lipinski definition) is 5. The number of carboxylic acids is 1. The summed E-state index contributed by atoms with van der Waals surface area (Å²) in [6.45, 7) is 4.86. The topological polar surface area (TPSA) is 125 Å². The Hall–Kier alpha value is -2.22. The van der Waals surface area contributed by atoms with E-state index in [-0.39, 0.29) is 19.8 Å². The van der Waals surface area contributed by atoms with E-state index in [0.717, 1.165) is 0 Å². The fraction of sp³-hybridized carbons (Fsp3) is 0.538. The number of ether oxygens (including phenoxy) is 1. The Labute approximate surface area is 121 Å². The number of hydrogen-bond donors (Lipinski definition) is 2. The van der Waals surface area contributed by atoms with E-state index in [4.69, 9.17) is 15.6 Å². The molecule has 1 amide bonds. The van der Waals surface area contributed by atoms with Gasteiger partial charge in [-0.2, -0.15) is 4.98 Å². The summed E-state index contributed by atoms with van der Waals surface area (Å²) in [5.74, 6) is -2.35. The molecule has 1 unspecified atom stereocenters. The SMILES string of the molecule is Cc1nc(=O)n(CCOCC(N)=O)c(C)c1C(C)C(=O)O. The Kier molecular flexibility index (Phi) is 5.60. The van der Waals surface area contributed by atoms with Crippen LogP contribution in [0.25, 0.3) is 0 Å². The van der Waals surface area contributed by atoms with E-state index in [9.17, 15) is 14.4 Å². The molecule has 8 heteroatoms. The van der Waals surface area contributed by atoms with E-state index in [1.54, 1.807) is 13.8 Å². The van der Waals surface area contributed by atoms with Crippen LogP contribution in [0.15, 0.2) is 4.79 Å². The van der Waals surface area contributed by atoms with Gasteiger partial charge in [0.05, 0.1) is 19.1 Å². The molecule has 1 aromatic rings. The number of nitrogens with zero attached hydrogens (tertiary/aromatic N) is 2. The number of amides is 1. The van der Waals surface area contributed by atoms with Gasteiger partial charge in [0.15, 0.2) is 0 Å². The summed E-state index contributed by atoms with van der Waals surface area (Å²) < 4.78 is 6.34. The van der Waals surface area contributed by atoms with Gasteiger partial charge in [-0.05, 0) is 20.8 Å². The van der Waals surface area contributed by atoms with Crippen molar-refractivity contribution in [3.05, 3.63) is 27.4 Å². The third-order valence-corrected chi connectivity index (χ3v) is 3.19. The molecule has 0 aliphatic carbocycles. The fourth-order valence-corrected chi connectivity index (χ4v) is 2.16. The lowest BCUT2D eigenvalue weighted by atomic mass is 9.98. The quantitative estimate of drug-likeness (QED) is 0.657. The Morgan fingerprint density at radius 2 is 2.05 bits per heavy atom. The Morgan fingerprint density at radius 3 is 2.57 bits per heavy atom. The van der Waals surface area contributed by atoms with Gasteiger partial charge >= 0.3 is 11.7 Å².